The van der Waals surface area contributed by atoms with Crippen molar-refractivity contribution < 1.29 is 9.53 Å². The van der Waals surface area contributed by atoms with Crippen LogP contribution in [-0.4, -0.2) is 14.7 Å². The summed E-state index contributed by atoms with van der Waals surface area (Å²) in [6, 6.07) is 5.72. The predicted octanol–water partition coefficient (Wildman–Crippen LogP) is 3.19. The van der Waals surface area contributed by atoms with Crippen LogP contribution >= 0.6 is 23.1 Å². The van der Waals surface area contributed by atoms with Crippen LogP contribution in [0.15, 0.2) is 29.0 Å². The fourth-order valence-corrected chi connectivity index (χ4v) is 3.73. The van der Waals surface area contributed by atoms with Gasteiger partial charge in [-0.1, -0.05) is 0 Å². The molecule has 0 bridgehead atoms. The normalized spacial score (nSPS) is 18.3. The molecule has 0 spiro atoms. The lowest BCUT2D eigenvalue weighted by Gasteiger charge is -2.23. The van der Waals surface area contributed by atoms with Crippen LogP contribution in [0.1, 0.15) is 23.5 Å². The zero-order chi connectivity index (χ0) is 12.8. The monoisotopic (exact) mass is 288 g/mol. The lowest BCUT2D eigenvalue weighted by molar-refractivity contribution is -0.135. The molecular weight excluding hydrogens is 280 g/mol. The van der Waals surface area contributed by atoms with Crippen LogP contribution in [0.25, 0.3) is 11.0 Å². The first-order chi connectivity index (χ1) is 9.33. The second-order valence-corrected chi connectivity index (χ2v) is 5.71. The van der Waals surface area contributed by atoms with Crippen molar-refractivity contribution in [3.63, 3.8) is 0 Å². The molecule has 1 aliphatic heterocycles. The second kappa shape index (κ2) is 4.11. The van der Waals surface area contributed by atoms with E-state index in [-0.39, 0.29) is 11.9 Å². The van der Waals surface area contributed by atoms with E-state index in [1.807, 2.05) is 17.5 Å². The summed E-state index contributed by atoms with van der Waals surface area (Å²) in [5, 5.41) is 4.10. The summed E-state index contributed by atoms with van der Waals surface area (Å²) in [5.41, 5.74) is 3.85. The summed E-state index contributed by atoms with van der Waals surface area (Å²) < 4.78 is 14.0. The number of nitrogens with zero attached hydrogens (tertiary/aromatic N) is 2. The highest BCUT2D eigenvalue weighted by atomic mass is 32.1. The summed E-state index contributed by atoms with van der Waals surface area (Å²) >= 11 is 2.82. The standard InChI is InChI=1S/C13H8N2O2S2/c16-11-5-8(7-3-4-18-6-7)12-10(17-11)2-1-9-13(12)15-19-14-9/h1-4,6,8H,5H2/t8-/m0/s1. The fourth-order valence-electron chi connectivity index (χ4n) is 2.47. The van der Waals surface area contributed by atoms with Crippen molar-refractivity contribution in [3.05, 3.63) is 40.1 Å². The molecule has 4 rings (SSSR count). The van der Waals surface area contributed by atoms with Crippen LogP contribution in [0.3, 0.4) is 0 Å². The topological polar surface area (TPSA) is 52.1 Å². The van der Waals surface area contributed by atoms with E-state index in [9.17, 15) is 4.79 Å². The van der Waals surface area contributed by atoms with Gasteiger partial charge in [-0.25, -0.2) is 0 Å². The molecule has 0 unspecified atom stereocenters. The Morgan fingerprint density at radius 1 is 1.26 bits per heavy atom. The van der Waals surface area contributed by atoms with Gasteiger partial charge in [0.1, 0.15) is 16.8 Å². The maximum Gasteiger partial charge on any atom is 0.312 e. The van der Waals surface area contributed by atoms with Crippen molar-refractivity contribution in [2.24, 2.45) is 0 Å². The van der Waals surface area contributed by atoms with E-state index in [2.05, 4.69) is 20.2 Å². The summed E-state index contributed by atoms with van der Waals surface area (Å²) in [4.78, 5) is 11.8. The Morgan fingerprint density at radius 3 is 3.05 bits per heavy atom. The molecule has 0 saturated heterocycles. The molecule has 0 N–H and O–H groups in total. The minimum atomic E-state index is -0.189. The zero-order valence-corrected chi connectivity index (χ0v) is 11.3. The maximum absolute atomic E-state index is 11.8. The first-order valence-corrected chi connectivity index (χ1v) is 7.48. The van der Waals surface area contributed by atoms with Gasteiger partial charge in [-0.05, 0) is 34.5 Å². The Balaban J connectivity index is 2.01. The van der Waals surface area contributed by atoms with Crippen molar-refractivity contribution in [1.82, 2.24) is 8.75 Å². The molecule has 1 aromatic carbocycles. The SMILES string of the molecule is O=C1C[C@@H](c2ccsc2)c2c(ccc3nsnc23)O1. The van der Waals surface area contributed by atoms with Crippen LogP contribution in [0.5, 0.6) is 5.75 Å². The first-order valence-electron chi connectivity index (χ1n) is 5.81. The highest BCUT2D eigenvalue weighted by Crippen LogP contribution is 2.42. The third-order valence-electron chi connectivity index (χ3n) is 3.32. The number of ether oxygens (including phenoxy) is 1. The number of rotatable bonds is 1. The minimum absolute atomic E-state index is 0.0232. The van der Waals surface area contributed by atoms with Crippen LogP contribution in [-0.2, 0) is 4.79 Å². The van der Waals surface area contributed by atoms with Gasteiger partial charge in [0.25, 0.3) is 0 Å². The summed E-state index contributed by atoms with van der Waals surface area (Å²) in [6.07, 6.45) is 0.361. The number of hydrogen-bond donors (Lipinski definition) is 0. The Morgan fingerprint density at radius 2 is 2.21 bits per heavy atom. The average Bonchev–Trinajstić information content (AvgIpc) is 3.08. The van der Waals surface area contributed by atoms with Gasteiger partial charge < -0.3 is 4.74 Å². The summed E-state index contributed by atoms with van der Waals surface area (Å²) in [5.74, 6) is 0.453. The third-order valence-corrected chi connectivity index (χ3v) is 4.56. The number of thiophene rings is 1. The Hall–Kier alpha value is -1.79. The Bertz CT molecular complexity index is 764. The molecule has 1 aliphatic rings. The van der Waals surface area contributed by atoms with Gasteiger partial charge in [0, 0.05) is 11.5 Å². The fraction of sp³-hybridized carbons (Fsp3) is 0.154. The lowest BCUT2D eigenvalue weighted by atomic mass is 9.87. The molecule has 0 radical (unpaired) electrons. The molecule has 94 valence electrons. The van der Waals surface area contributed by atoms with Gasteiger partial charge in [0.05, 0.1) is 18.1 Å². The van der Waals surface area contributed by atoms with E-state index >= 15 is 0 Å². The Kier molecular flexibility index (Phi) is 2.39. The number of carbonyl (C=O) groups is 1. The molecule has 0 amide bonds. The van der Waals surface area contributed by atoms with Crippen molar-refractivity contribution >= 4 is 40.1 Å². The van der Waals surface area contributed by atoms with Gasteiger partial charge >= 0.3 is 5.97 Å². The third kappa shape index (κ3) is 1.67. The van der Waals surface area contributed by atoms with Crippen LogP contribution in [0, 0.1) is 0 Å². The van der Waals surface area contributed by atoms with Crippen molar-refractivity contribution in [2.75, 3.05) is 0 Å². The van der Waals surface area contributed by atoms with Gasteiger partial charge in [0.2, 0.25) is 0 Å². The number of hydrogen-bond acceptors (Lipinski definition) is 6. The highest BCUT2D eigenvalue weighted by Gasteiger charge is 2.31. The molecule has 19 heavy (non-hydrogen) atoms. The molecule has 3 heterocycles. The van der Waals surface area contributed by atoms with Gasteiger partial charge in [-0.15, -0.1) is 0 Å². The van der Waals surface area contributed by atoms with Crippen LogP contribution in [0.4, 0.5) is 0 Å². The molecule has 6 heteroatoms. The predicted molar refractivity (Wildman–Crippen MR) is 73.8 cm³/mol. The smallest absolute Gasteiger partial charge is 0.312 e. The van der Waals surface area contributed by atoms with Gasteiger partial charge in [-0.3, -0.25) is 4.79 Å². The molecule has 0 saturated carbocycles. The summed E-state index contributed by atoms with van der Waals surface area (Å²) in [6.45, 7) is 0. The minimum Gasteiger partial charge on any atom is -0.426 e. The number of carbonyl (C=O) groups excluding carboxylic acids is 1. The molecular formula is C13H8N2O2S2. The zero-order valence-electron chi connectivity index (χ0n) is 9.70. The first kappa shape index (κ1) is 11.1. The maximum atomic E-state index is 11.8. The van der Waals surface area contributed by atoms with Gasteiger partial charge in [-0.2, -0.15) is 20.1 Å². The van der Waals surface area contributed by atoms with Gasteiger partial charge in [0.15, 0.2) is 0 Å². The van der Waals surface area contributed by atoms with E-state index in [0.717, 1.165) is 22.2 Å². The molecule has 2 aromatic heterocycles. The van der Waals surface area contributed by atoms with Crippen LogP contribution < -0.4 is 4.74 Å². The van der Waals surface area contributed by atoms with Crippen molar-refractivity contribution in [1.29, 1.82) is 0 Å². The number of aromatic nitrogens is 2. The second-order valence-electron chi connectivity index (χ2n) is 4.40. The van der Waals surface area contributed by atoms with E-state index in [4.69, 9.17) is 4.74 Å². The molecule has 0 fully saturated rings. The number of fused-ring (bicyclic) bond motifs is 3. The van der Waals surface area contributed by atoms with E-state index in [0.29, 0.717) is 12.2 Å². The molecule has 3 aromatic rings. The van der Waals surface area contributed by atoms with Crippen LogP contribution in [0.2, 0.25) is 0 Å². The van der Waals surface area contributed by atoms with Crippen molar-refractivity contribution in [2.45, 2.75) is 12.3 Å². The van der Waals surface area contributed by atoms with Crippen molar-refractivity contribution in [3.8, 4) is 5.75 Å². The van der Waals surface area contributed by atoms with E-state index < -0.39 is 0 Å². The molecule has 1 atom stereocenters. The number of benzene rings is 1. The lowest BCUT2D eigenvalue weighted by Crippen LogP contribution is -2.21. The highest BCUT2D eigenvalue weighted by molar-refractivity contribution is 7.08. The quantitative estimate of drug-likeness (QED) is 0.510. The molecule has 0 aliphatic carbocycles. The average molecular weight is 288 g/mol. The van der Waals surface area contributed by atoms with E-state index in [1.165, 1.54) is 11.7 Å². The Labute approximate surface area is 117 Å². The largest absolute Gasteiger partial charge is 0.426 e. The number of esters is 1. The summed E-state index contributed by atoms with van der Waals surface area (Å²) in [7, 11) is 0. The van der Waals surface area contributed by atoms with E-state index in [1.54, 1.807) is 11.3 Å². The molecule has 4 nitrogen and oxygen atoms in total.